The molecule has 1 fully saturated rings. The first-order valence-corrected chi connectivity index (χ1v) is 6.12. The van der Waals surface area contributed by atoms with Crippen molar-refractivity contribution in [1.29, 1.82) is 0 Å². The highest BCUT2D eigenvalue weighted by atomic mass is 16.6. The lowest BCUT2D eigenvalue weighted by Crippen LogP contribution is -2.56. The van der Waals surface area contributed by atoms with E-state index in [-0.39, 0.29) is 23.2 Å². The third-order valence-corrected chi connectivity index (χ3v) is 3.89. The maximum Gasteiger partial charge on any atom is 0.275 e. The Bertz CT molecular complexity index is 501. The number of nitrogens with one attached hydrogen (secondary N) is 1. The van der Waals surface area contributed by atoms with Gasteiger partial charge in [-0.15, -0.1) is 0 Å². The van der Waals surface area contributed by atoms with Gasteiger partial charge >= 0.3 is 0 Å². The molecule has 0 aromatic heterocycles. The van der Waals surface area contributed by atoms with Crippen molar-refractivity contribution in [2.75, 3.05) is 12.4 Å². The predicted molar refractivity (Wildman–Crippen MR) is 71.5 cm³/mol. The van der Waals surface area contributed by atoms with Gasteiger partial charge in [0.05, 0.1) is 24.2 Å². The van der Waals surface area contributed by atoms with Gasteiger partial charge in [-0.3, -0.25) is 10.1 Å². The van der Waals surface area contributed by atoms with Crippen molar-refractivity contribution in [2.45, 2.75) is 32.4 Å². The zero-order valence-corrected chi connectivity index (χ0v) is 11.2. The normalized spacial score (nSPS) is 24.4. The second kappa shape index (κ2) is 4.70. The second-order valence-electron chi connectivity index (χ2n) is 5.45. The van der Waals surface area contributed by atoms with Crippen LogP contribution in [-0.4, -0.2) is 29.3 Å². The summed E-state index contributed by atoms with van der Waals surface area (Å²) in [7, 11) is 1.47. The number of rotatable bonds is 4. The molecule has 0 radical (unpaired) electrons. The van der Waals surface area contributed by atoms with Gasteiger partial charge in [0.1, 0.15) is 5.75 Å². The molecule has 0 aliphatic heterocycles. The second-order valence-corrected chi connectivity index (χ2v) is 5.45. The first kappa shape index (κ1) is 13.6. The van der Waals surface area contributed by atoms with E-state index in [1.165, 1.54) is 19.2 Å². The van der Waals surface area contributed by atoms with Crippen LogP contribution in [0.15, 0.2) is 18.2 Å². The number of aliphatic hydroxyl groups excluding tert-OH is 1. The van der Waals surface area contributed by atoms with Crippen LogP contribution in [0.3, 0.4) is 0 Å². The van der Waals surface area contributed by atoms with E-state index >= 15 is 0 Å². The van der Waals surface area contributed by atoms with Crippen LogP contribution in [0.4, 0.5) is 11.4 Å². The van der Waals surface area contributed by atoms with E-state index in [1.807, 2.05) is 13.8 Å². The number of nitro groups is 1. The van der Waals surface area contributed by atoms with E-state index in [0.717, 1.165) is 0 Å². The third kappa shape index (κ3) is 2.49. The number of hydrogen-bond donors (Lipinski definition) is 2. The minimum absolute atomic E-state index is 0.0143. The van der Waals surface area contributed by atoms with Gasteiger partial charge < -0.3 is 15.2 Å². The van der Waals surface area contributed by atoms with Gasteiger partial charge in [0.15, 0.2) is 0 Å². The molecular weight excluding hydrogens is 248 g/mol. The van der Waals surface area contributed by atoms with Crippen LogP contribution >= 0.6 is 0 Å². The number of hydrogen-bond acceptors (Lipinski definition) is 5. The van der Waals surface area contributed by atoms with E-state index in [0.29, 0.717) is 17.9 Å². The first-order chi connectivity index (χ1) is 8.84. The molecule has 2 rings (SSSR count). The molecule has 6 heteroatoms. The Morgan fingerprint density at radius 2 is 2.16 bits per heavy atom. The van der Waals surface area contributed by atoms with Crippen molar-refractivity contribution in [2.24, 2.45) is 5.41 Å². The van der Waals surface area contributed by atoms with Gasteiger partial charge in [-0.05, 0) is 6.42 Å². The summed E-state index contributed by atoms with van der Waals surface area (Å²) in [5, 5.41) is 23.8. The molecule has 0 amide bonds. The van der Waals surface area contributed by atoms with Crippen LogP contribution in [0.2, 0.25) is 0 Å². The van der Waals surface area contributed by atoms with E-state index in [1.54, 1.807) is 6.07 Å². The van der Waals surface area contributed by atoms with Crippen LogP contribution in [-0.2, 0) is 0 Å². The van der Waals surface area contributed by atoms with Crippen molar-refractivity contribution >= 4 is 11.4 Å². The largest absolute Gasteiger partial charge is 0.496 e. The molecule has 6 nitrogen and oxygen atoms in total. The summed E-state index contributed by atoms with van der Waals surface area (Å²) in [5.74, 6) is 0.439. The van der Waals surface area contributed by atoms with E-state index < -0.39 is 4.92 Å². The zero-order valence-electron chi connectivity index (χ0n) is 11.2. The molecule has 2 N–H and O–H groups in total. The average Bonchev–Trinajstić information content (AvgIpc) is 2.38. The molecule has 2 unspecified atom stereocenters. The summed E-state index contributed by atoms with van der Waals surface area (Å²) in [6.45, 7) is 3.93. The number of nitro benzene ring substituents is 1. The molecule has 104 valence electrons. The van der Waals surface area contributed by atoms with Gasteiger partial charge in [0, 0.05) is 29.3 Å². The number of methoxy groups -OCH3 is 1. The highest BCUT2D eigenvalue weighted by molar-refractivity contribution is 5.57. The lowest BCUT2D eigenvalue weighted by molar-refractivity contribution is -0.384. The van der Waals surface area contributed by atoms with Crippen molar-refractivity contribution in [3.8, 4) is 5.75 Å². The maximum absolute atomic E-state index is 10.9. The maximum atomic E-state index is 10.9. The standard InChI is InChI=1S/C13H18N2O4/c1-13(2)11(7-12(13)16)14-8-4-9(15(17)18)6-10(5-8)19-3/h4-6,11-12,14,16H,7H2,1-3H3. The molecule has 0 saturated heterocycles. The van der Waals surface area contributed by atoms with Gasteiger partial charge in [0.25, 0.3) is 5.69 Å². The fourth-order valence-electron chi connectivity index (χ4n) is 2.24. The predicted octanol–water partition coefficient (Wildman–Crippen LogP) is 2.17. The van der Waals surface area contributed by atoms with E-state index in [2.05, 4.69) is 5.32 Å². The molecule has 0 heterocycles. The van der Waals surface area contributed by atoms with Crippen LogP contribution < -0.4 is 10.1 Å². The van der Waals surface area contributed by atoms with Gasteiger partial charge in [-0.1, -0.05) is 13.8 Å². The first-order valence-electron chi connectivity index (χ1n) is 6.12. The number of ether oxygens (including phenoxy) is 1. The highest BCUT2D eigenvalue weighted by Gasteiger charge is 2.47. The molecule has 1 aromatic rings. The fraction of sp³-hybridized carbons (Fsp3) is 0.538. The molecule has 1 saturated carbocycles. The minimum atomic E-state index is -0.450. The molecule has 0 bridgehead atoms. The van der Waals surface area contributed by atoms with Gasteiger partial charge in [0.2, 0.25) is 0 Å². The molecule has 1 aliphatic carbocycles. The number of nitrogens with zero attached hydrogens (tertiary/aromatic N) is 1. The van der Waals surface area contributed by atoms with E-state index in [4.69, 9.17) is 4.74 Å². The van der Waals surface area contributed by atoms with Gasteiger partial charge in [-0.2, -0.15) is 0 Å². The van der Waals surface area contributed by atoms with Crippen LogP contribution in [0.5, 0.6) is 5.75 Å². The summed E-state index contributed by atoms with van der Waals surface area (Å²) >= 11 is 0. The molecule has 1 aromatic carbocycles. The molecular formula is C13H18N2O4. The Hall–Kier alpha value is -1.82. The molecule has 1 aliphatic rings. The third-order valence-electron chi connectivity index (χ3n) is 3.89. The minimum Gasteiger partial charge on any atom is -0.496 e. The lowest BCUT2D eigenvalue weighted by Gasteiger charge is -2.49. The molecule has 0 spiro atoms. The quantitative estimate of drug-likeness (QED) is 0.644. The van der Waals surface area contributed by atoms with Gasteiger partial charge in [-0.25, -0.2) is 0 Å². The summed E-state index contributed by atoms with van der Waals surface area (Å²) < 4.78 is 5.06. The van der Waals surface area contributed by atoms with Crippen molar-refractivity contribution < 1.29 is 14.8 Å². The Morgan fingerprint density at radius 1 is 1.47 bits per heavy atom. The van der Waals surface area contributed by atoms with Crippen LogP contribution in [0.1, 0.15) is 20.3 Å². The van der Waals surface area contributed by atoms with E-state index in [9.17, 15) is 15.2 Å². The SMILES string of the molecule is COc1cc(NC2CC(O)C2(C)C)cc([N+](=O)[O-])c1. The summed E-state index contributed by atoms with van der Waals surface area (Å²) in [6, 6.07) is 4.66. The molecule has 19 heavy (non-hydrogen) atoms. The Labute approximate surface area is 111 Å². The Balaban J connectivity index is 2.21. The summed E-state index contributed by atoms with van der Waals surface area (Å²) in [6.07, 6.45) is 0.295. The van der Waals surface area contributed by atoms with Crippen molar-refractivity contribution in [3.63, 3.8) is 0 Å². The van der Waals surface area contributed by atoms with Crippen molar-refractivity contribution in [1.82, 2.24) is 0 Å². The molecule has 2 atom stereocenters. The lowest BCUT2D eigenvalue weighted by atomic mass is 9.64. The number of aliphatic hydroxyl groups is 1. The Kier molecular flexibility index (Phi) is 3.36. The topological polar surface area (TPSA) is 84.6 Å². The smallest absolute Gasteiger partial charge is 0.275 e. The van der Waals surface area contributed by atoms with Crippen molar-refractivity contribution in [3.05, 3.63) is 28.3 Å². The van der Waals surface area contributed by atoms with Crippen LogP contribution in [0, 0.1) is 15.5 Å². The zero-order chi connectivity index (χ0) is 14.2. The number of anilines is 1. The monoisotopic (exact) mass is 266 g/mol. The number of benzene rings is 1. The average molecular weight is 266 g/mol. The Morgan fingerprint density at radius 3 is 2.63 bits per heavy atom. The number of non-ortho nitro benzene ring substituents is 1. The summed E-state index contributed by atoms with van der Waals surface area (Å²) in [5.41, 5.74) is 0.383. The summed E-state index contributed by atoms with van der Waals surface area (Å²) in [4.78, 5) is 10.4. The fourth-order valence-corrected chi connectivity index (χ4v) is 2.24. The highest BCUT2D eigenvalue weighted by Crippen LogP contribution is 2.42. The van der Waals surface area contributed by atoms with Crippen LogP contribution in [0.25, 0.3) is 0 Å².